The van der Waals surface area contributed by atoms with Crippen molar-refractivity contribution in [2.45, 2.75) is 26.4 Å². The first-order chi connectivity index (χ1) is 15.7. The SMILES string of the molecule is CC(C)n1cnc2c(NCc3cccnc3)nc(Nc3ccc(-n4ccnc4)cc3)nc21. The summed E-state index contributed by atoms with van der Waals surface area (Å²) >= 11 is 0. The van der Waals surface area contributed by atoms with E-state index in [0.717, 1.165) is 28.1 Å². The van der Waals surface area contributed by atoms with Crippen molar-refractivity contribution in [1.82, 2.24) is 34.1 Å². The van der Waals surface area contributed by atoms with Crippen molar-refractivity contribution in [3.05, 3.63) is 79.4 Å². The van der Waals surface area contributed by atoms with Crippen molar-refractivity contribution in [2.24, 2.45) is 0 Å². The maximum absolute atomic E-state index is 4.75. The zero-order valence-electron chi connectivity index (χ0n) is 17.8. The van der Waals surface area contributed by atoms with E-state index in [-0.39, 0.29) is 6.04 Å². The Morgan fingerprint density at radius 1 is 0.969 bits per heavy atom. The van der Waals surface area contributed by atoms with E-state index in [1.54, 1.807) is 18.7 Å². The molecule has 0 radical (unpaired) electrons. The molecular weight excluding hydrogens is 402 g/mol. The van der Waals surface area contributed by atoms with Gasteiger partial charge in [-0.25, -0.2) is 9.97 Å². The minimum atomic E-state index is 0.225. The average molecular weight is 426 g/mol. The topological polar surface area (TPSA) is 98.4 Å². The lowest BCUT2D eigenvalue weighted by Gasteiger charge is -2.12. The van der Waals surface area contributed by atoms with Crippen molar-refractivity contribution < 1.29 is 0 Å². The molecule has 0 saturated carbocycles. The highest BCUT2D eigenvalue weighted by Gasteiger charge is 2.15. The second-order valence-electron chi connectivity index (χ2n) is 7.67. The van der Waals surface area contributed by atoms with Crippen LogP contribution in [0.5, 0.6) is 0 Å². The second kappa shape index (κ2) is 8.46. The van der Waals surface area contributed by atoms with Gasteiger partial charge in [-0.15, -0.1) is 0 Å². The van der Waals surface area contributed by atoms with Gasteiger partial charge in [0.1, 0.15) is 0 Å². The molecule has 0 spiro atoms. The summed E-state index contributed by atoms with van der Waals surface area (Å²) in [6, 6.07) is 12.2. The van der Waals surface area contributed by atoms with Crippen LogP contribution in [0.1, 0.15) is 25.5 Å². The molecule has 5 rings (SSSR count). The number of imidazole rings is 2. The van der Waals surface area contributed by atoms with Crippen LogP contribution in [0.3, 0.4) is 0 Å². The Labute approximate surface area is 185 Å². The molecule has 5 aromatic rings. The fourth-order valence-corrected chi connectivity index (χ4v) is 3.42. The fourth-order valence-electron chi connectivity index (χ4n) is 3.42. The lowest BCUT2D eigenvalue weighted by atomic mass is 10.3. The Bertz CT molecular complexity index is 1310. The van der Waals surface area contributed by atoms with E-state index in [2.05, 4.69) is 39.4 Å². The summed E-state index contributed by atoms with van der Waals surface area (Å²) in [7, 11) is 0. The van der Waals surface area contributed by atoms with Crippen molar-refractivity contribution >= 4 is 28.6 Å². The van der Waals surface area contributed by atoms with E-state index in [9.17, 15) is 0 Å². The number of rotatable bonds is 7. The van der Waals surface area contributed by atoms with Crippen LogP contribution in [0.4, 0.5) is 17.5 Å². The first kappa shape index (κ1) is 19.7. The molecule has 0 aliphatic heterocycles. The molecule has 0 amide bonds. The summed E-state index contributed by atoms with van der Waals surface area (Å²) in [5, 5.41) is 6.72. The van der Waals surface area contributed by atoms with E-state index < -0.39 is 0 Å². The van der Waals surface area contributed by atoms with Gasteiger partial charge in [0, 0.05) is 48.7 Å². The number of nitrogens with one attached hydrogen (secondary N) is 2. The lowest BCUT2D eigenvalue weighted by Crippen LogP contribution is -2.07. The van der Waals surface area contributed by atoms with Crippen LogP contribution in [0.2, 0.25) is 0 Å². The monoisotopic (exact) mass is 425 g/mol. The number of fused-ring (bicyclic) bond motifs is 1. The molecule has 0 fully saturated rings. The zero-order valence-corrected chi connectivity index (χ0v) is 17.8. The lowest BCUT2D eigenvalue weighted by molar-refractivity contribution is 0.613. The maximum Gasteiger partial charge on any atom is 0.231 e. The smallest absolute Gasteiger partial charge is 0.231 e. The Balaban J connectivity index is 1.46. The zero-order chi connectivity index (χ0) is 21.9. The molecule has 0 aliphatic carbocycles. The van der Waals surface area contributed by atoms with Gasteiger partial charge in [-0.1, -0.05) is 6.07 Å². The summed E-state index contributed by atoms with van der Waals surface area (Å²) in [5.74, 6) is 1.18. The highest BCUT2D eigenvalue weighted by molar-refractivity contribution is 5.84. The fraction of sp³-hybridized carbons (Fsp3) is 0.174. The second-order valence-corrected chi connectivity index (χ2v) is 7.67. The number of hydrogen-bond donors (Lipinski definition) is 2. The van der Waals surface area contributed by atoms with Crippen LogP contribution in [0, 0.1) is 0 Å². The van der Waals surface area contributed by atoms with Gasteiger partial charge in [0.05, 0.1) is 12.7 Å². The molecule has 2 N–H and O–H groups in total. The van der Waals surface area contributed by atoms with Crippen LogP contribution >= 0.6 is 0 Å². The predicted octanol–water partition coefficient (Wildman–Crippen LogP) is 4.34. The van der Waals surface area contributed by atoms with Gasteiger partial charge in [-0.2, -0.15) is 9.97 Å². The Morgan fingerprint density at radius 2 is 1.84 bits per heavy atom. The Morgan fingerprint density at radius 3 is 2.56 bits per heavy atom. The number of nitrogens with zero attached hydrogens (tertiary/aromatic N) is 7. The van der Waals surface area contributed by atoms with Gasteiger partial charge in [0.2, 0.25) is 5.95 Å². The molecule has 1 aromatic carbocycles. The first-order valence-corrected chi connectivity index (χ1v) is 10.4. The third-order valence-electron chi connectivity index (χ3n) is 5.09. The standard InChI is InChI=1S/C23H23N9/c1-16(2)32-15-27-20-21(26-13-17-4-3-9-24-12-17)29-23(30-22(20)32)28-18-5-7-19(8-6-18)31-11-10-25-14-31/h3-12,14-16H,13H2,1-2H3,(H2,26,28,29,30). The van der Waals surface area contributed by atoms with E-state index in [1.165, 1.54) is 0 Å². The van der Waals surface area contributed by atoms with E-state index in [1.807, 2.05) is 64.3 Å². The van der Waals surface area contributed by atoms with Crippen LogP contribution in [0.25, 0.3) is 16.9 Å². The number of pyridine rings is 1. The molecule has 0 saturated heterocycles. The molecule has 4 heterocycles. The minimum Gasteiger partial charge on any atom is -0.364 e. The van der Waals surface area contributed by atoms with Crippen molar-refractivity contribution in [2.75, 3.05) is 10.6 Å². The summed E-state index contributed by atoms with van der Waals surface area (Å²) in [6.07, 6.45) is 10.8. The highest BCUT2D eigenvalue weighted by Crippen LogP contribution is 2.25. The van der Waals surface area contributed by atoms with E-state index in [0.29, 0.717) is 18.3 Å². The molecule has 9 nitrogen and oxygen atoms in total. The predicted molar refractivity (Wildman–Crippen MR) is 124 cm³/mol. The minimum absolute atomic E-state index is 0.225. The maximum atomic E-state index is 4.75. The van der Waals surface area contributed by atoms with Crippen molar-refractivity contribution in [3.8, 4) is 5.69 Å². The summed E-state index contributed by atoms with van der Waals surface area (Å²) in [4.78, 5) is 22.3. The van der Waals surface area contributed by atoms with Crippen LogP contribution < -0.4 is 10.6 Å². The first-order valence-electron chi connectivity index (χ1n) is 10.4. The molecule has 160 valence electrons. The van der Waals surface area contributed by atoms with Gasteiger partial charge >= 0.3 is 0 Å². The van der Waals surface area contributed by atoms with Crippen molar-refractivity contribution in [1.29, 1.82) is 0 Å². The van der Waals surface area contributed by atoms with Gasteiger partial charge in [-0.3, -0.25) is 4.98 Å². The van der Waals surface area contributed by atoms with Gasteiger partial charge in [0.25, 0.3) is 0 Å². The number of anilines is 3. The molecule has 0 aliphatic rings. The van der Waals surface area contributed by atoms with Crippen molar-refractivity contribution in [3.63, 3.8) is 0 Å². The third-order valence-corrected chi connectivity index (χ3v) is 5.09. The summed E-state index contributed by atoms with van der Waals surface area (Å²) in [6.45, 7) is 4.80. The normalized spacial score (nSPS) is 11.2. The molecule has 9 heteroatoms. The van der Waals surface area contributed by atoms with Gasteiger partial charge < -0.3 is 19.8 Å². The van der Waals surface area contributed by atoms with Crippen LogP contribution in [-0.2, 0) is 6.54 Å². The Hall–Kier alpha value is -4.27. The molecule has 4 aromatic heterocycles. The number of aromatic nitrogens is 7. The molecule has 0 bridgehead atoms. The number of benzene rings is 1. The average Bonchev–Trinajstić information content (AvgIpc) is 3.49. The van der Waals surface area contributed by atoms with E-state index in [4.69, 9.17) is 9.97 Å². The van der Waals surface area contributed by atoms with Gasteiger partial charge in [-0.05, 0) is 49.7 Å². The van der Waals surface area contributed by atoms with Gasteiger partial charge in [0.15, 0.2) is 17.0 Å². The molecule has 0 unspecified atom stereocenters. The third kappa shape index (κ3) is 4.00. The Kier molecular flexibility index (Phi) is 5.20. The van der Waals surface area contributed by atoms with E-state index >= 15 is 0 Å². The summed E-state index contributed by atoms with van der Waals surface area (Å²) in [5.41, 5.74) is 4.50. The molecular formula is C23H23N9. The molecule has 0 atom stereocenters. The highest BCUT2D eigenvalue weighted by atomic mass is 15.2. The van der Waals surface area contributed by atoms with Crippen LogP contribution in [-0.4, -0.2) is 34.1 Å². The number of hydrogen-bond acceptors (Lipinski definition) is 7. The summed E-state index contributed by atoms with van der Waals surface area (Å²) < 4.78 is 3.99. The molecule has 32 heavy (non-hydrogen) atoms. The van der Waals surface area contributed by atoms with Crippen LogP contribution in [0.15, 0.2) is 73.8 Å². The largest absolute Gasteiger partial charge is 0.364 e. The quantitative estimate of drug-likeness (QED) is 0.400.